The molecular weight excluding hydrogens is 1920 g/mol. The zero-order valence-corrected chi connectivity index (χ0v) is 85.2. The van der Waals surface area contributed by atoms with Crippen LogP contribution in [-0.4, -0.2) is 273 Å². The van der Waals surface area contributed by atoms with E-state index in [2.05, 4.69) is 72.6 Å². The minimum absolute atomic E-state index is 0.00564. The number of phenols is 2. The van der Waals surface area contributed by atoms with E-state index in [0.717, 1.165) is 46.1 Å². The van der Waals surface area contributed by atoms with E-state index in [1.807, 2.05) is 59.4 Å². The zero-order chi connectivity index (χ0) is 107. The van der Waals surface area contributed by atoms with Crippen LogP contribution < -0.4 is 54.4 Å². The van der Waals surface area contributed by atoms with Crippen molar-refractivity contribution in [3.63, 3.8) is 0 Å². The van der Waals surface area contributed by atoms with Gasteiger partial charge in [-0.05, 0) is 240 Å². The van der Waals surface area contributed by atoms with Gasteiger partial charge in [0.05, 0.1) is 146 Å². The first-order valence-electron chi connectivity index (χ1n) is 49.4. The Morgan fingerprint density at radius 3 is 1.09 bits per heavy atom. The number of nitrogens with zero attached hydrogens (tertiary/aromatic N) is 9. The quantitative estimate of drug-likeness (QED) is 0.00554. The number of imidazole rings is 2. The number of methoxy groups -OCH3 is 1. The van der Waals surface area contributed by atoms with E-state index >= 15 is 0 Å². The van der Waals surface area contributed by atoms with Gasteiger partial charge in [-0.1, -0.05) is 50.2 Å². The number of aliphatic imine (C=N–C) groups is 1. The molecule has 0 fully saturated rings. The maximum Gasteiger partial charge on any atom is 0.407 e. The Hall–Kier alpha value is -15.1. The summed E-state index contributed by atoms with van der Waals surface area (Å²) < 4.78 is 69.6. The summed E-state index contributed by atoms with van der Waals surface area (Å²) in [6.07, 6.45) is 11.1. The van der Waals surface area contributed by atoms with Gasteiger partial charge in [0, 0.05) is 124 Å². The molecule has 0 spiro atoms. The van der Waals surface area contributed by atoms with Crippen molar-refractivity contribution in [2.45, 2.75) is 105 Å². The number of amides is 9. The number of amidine groups is 1. The Bertz CT molecular complexity index is 6080. The number of phenolic OH excluding ortho intramolecular Hbond substituents is 2. The third kappa shape index (κ3) is 44.6. The number of azo groups is 2. The molecule has 10 rings (SSSR count). The highest BCUT2D eigenvalue weighted by atomic mass is 16.6. The number of primary amides is 2. The number of nitrogens with two attached hydrogens (primary N) is 3. The minimum atomic E-state index is -0.620. The Balaban J connectivity index is 0.000000331. The molecule has 15 N–H and O–H groups in total. The number of benzene rings is 8. The molecule has 0 saturated carbocycles. The van der Waals surface area contributed by atoms with Gasteiger partial charge in [0.2, 0.25) is 35.5 Å². The van der Waals surface area contributed by atoms with Gasteiger partial charge in [-0.25, -0.2) is 19.8 Å². The van der Waals surface area contributed by atoms with Crippen molar-refractivity contribution in [2.24, 2.45) is 42.7 Å². The van der Waals surface area contributed by atoms with Crippen molar-refractivity contribution in [3.05, 3.63) is 238 Å². The van der Waals surface area contributed by atoms with Gasteiger partial charge in [-0.3, -0.25) is 49.0 Å². The van der Waals surface area contributed by atoms with Crippen LogP contribution in [0.1, 0.15) is 158 Å². The highest BCUT2D eigenvalue weighted by Gasteiger charge is 2.22. The summed E-state index contributed by atoms with van der Waals surface area (Å²) >= 11 is 0. The van der Waals surface area contributed by atoms with Crippen LogP contribution in [0.5, 0.6) is 11.5 Å². The first kappa shape index (κ1) is 117. The normalized spacial score (nSPS) is 11.6. The van der Waals surface area contributed by atoms with Crippen molar-refractivity contribution in [1.29, 1.82) is 0 Å². The lowest BCUT2D eigenvalue weighted by Gasteiger charge is -2.19. The summed E-state index contributed by atoms with van der Waals surface area (Å²) in [5.74, 6) is -2.25. The second kappa shape index (κ2) is 66.2. The van der Waals surface area contributed by atoms with E-state index in [9.17, 15) is 53.4 Å². The van der Waals surface area contributed by atoms with Crippen molar-refractivity contribution in [2.75, 3.05) is 189 Å². The van der Waals surface area contributed by atoms with E-state index in [0.29, 0.717) is 274 Å². The van der Waals surface area contributed by atoms with E-state index < -0.39 is 35.3 Å². The SMILES string of the molecule is CCCn1c(NC(=O)c2cccc(C(N)=O)c2)nc2ccc(/C=C/C(=O)NCCCOCCOCCOCCOCCOCCCNC(=O)c3ccc(N=Nc4cc(CCN=C(N)OC)ccc4O)cc3)cc21.CCCn1c(NC(=O)c2cccc(C(N)=O)c2)nc2ccc(/C=C/C(=O)NCCCOCCOCCOCCOCCOCCCNC(=O)c3ccc(N=Nc4cc(CCNC(=O)OC(C)(C)C)ccc4O)cc3)cc21. The van der Waals surface area contributed by atoms with E-state index in [-0.39, 0.29) is 69.1 Å². The number of hydrogen-bond donors (Lipinski definition) is 12. The third-order valence-electron chi connectivity index (χ3n) is 21.4. The first-order chi connectivity index (χ1) is 72.2. The maximum absolute atomic E-state index is 13.0. The molecule has 0 saturated heterocycles. The van der Waals surface area contributed by atoms with Crippen LogP contribution in [0.25, 0.3) is 34.2 Å². The number of aromatic hydroxyl groups is 2. The second-order valence-electron chi connectivity index (χ2n) is 34.3. The smallest absolute Gasteiger partial charge is 0.407 e. The molecule has 0 bridgehead atoms. The molecule has 10 aromatic rings. The molecular formula is C107H137N19O23. The van der Waals surface area contributed by atoms with Crippen LogP contribution in [0.2, 0.25) is 0 Å². The lowest BCUT2D eigenvalue weighted by Crippen LogP contribution is -2.33. The fraction of sp³-hybridized carbons (Fsp3) is 0.402. The predicted octanol–water partition coefficient (Wildman–Crippen LogP) is 13.3. The summed E-state index contributed by atoms with van der Waals surface area (Å²) in [4.78, 5) is 125. The number of hydrogen-bond acceptors (Lipinski definition) is 30. The number of aromatic nitrogens is 4. The highest BCUT2D eigenvalue weighted by molar-refractivity contribution is 6.07. The number of fused-ring (bicyclic) bond motifs is 2. The lowest BCUT2D eigenvalue weighted by molar-refractivity contribution is -0.117. The molecule has 2 aromatic heterocycles. The topological polar surface area (TPSA) is 565 Å². The first-order valence-corrected chi connectivity index (χ1v) is 49.4. The summed E-state index contributed by atoms with van der Waals surface area (Å²) in [5, 5.41) is 57.1. The Morgan fingerprint density at radius 2 is 0.738 bits per heavy atom. The number of aryl methyl sites for hydroxylation is 2. The maximum atomic E-state index is 13.0. The van der Waals surface area contributed by atoms with Gasteiger partial charge < -0.3 is 120 Å². The summed E-state index contributed by atoms with van der Waals surface area (Å²) in [5.41, 5.74) is 25.7. The van der Waals surface area contributed by atoms with Crippen LogP contribution in [0.4, 0.5) is 39.4 Å². The molecule has 0 aliphatic rings. The van der Waals surface area contributed by atoms with Crippen molar-refractivity contribution in [1.82, 2.24) is 45.7 Å². The molecule has 149 heavy (non-hydrogen) atoms. The number of nitrogens with one attached hydrogen (secondary N) is 7. The average Bonchev–Trinajstić information content (AvgIpc) is 1.65. The van der Waals surface area contributed by atoms with Crippen molar-refractivity contribution < 1.29 is 110 Å². The van der Waals surface area contributed by atoms with Crippen molar-refractivity contribution in [3.8, 4) is 11.5 Å². The van der Waals surface area contributed by atoms with Gasteiger partial charge in [0.25, 0.3) is 29.7 Å². The number of anilines is 2. The Labute approximate surface area is 865 Å². The Kier molecular flexibility index (Phi) is 52.2. The van der Waals surface area contributed by atoms with E-state index in [1.165, 1.54) is 37.5 Å². The number of ether oxygens (including phenoxy) is 12. The van der Waals surface area contributed by atoms with Crippen LogP contribution in [0.3, 0.4) is 0 Å². The summed E-state index contributed by atoms with van der Waals surface area (Å²) in [7, 11) is 1.45. The molecule has 0 atom stereocenters. The van der Waals surface area contributed by atoms with Crippen LogP contribution in [-0.2, 0) is 92.4 Å². The second-order valence-corrected chi connectivity index (χ2v) is 34.3. The monoisotopic (exact) mass is 2060 g/mol. The largest absolute Gasteiger partial charge is 0.506 e. The third-order valence-corrected chi connectivity index (χ3v) is 21.4. The molecule has 798 valence electrons. The van der Waals surface area contributed by atoms with Gasteiger partial charge in [-0.15, -0.1) is 10.2 Å². The molecule has 0 radical (unpaired) electrons. The number of rotatable bonds is 66. The molecule has 42 heteroatoms. The zero-order valence-electron chi connectivity index (χ0n) is 85.2. The summed E-state index contributed by atoms with van der Waals surface area (Å²) in [6, 6.07) is 47.0. The number of carbonyl (C=O) groups is 9. The van der Waals surface area contributed by atoms with Gasteiger partial charge in [0.15, 0.2) is 0 Å². The predicted molar refractivity (Wildman–Crippen MR) is 564 cm³/mol. The van der Waals surface area contributed by atoms with Crippen LogP contribution in [0.15, 0.2) is 207 Å². The molecule has 0 aliphatic heterocycles. The lowest BCUT2D eigenvalue weighted by atomic mass is 10.1. The fourth-order valence-corrected chi connectivity index (χ4v) is 13.9. The number of alkyl carbamates (subject to hydrolysis) is 1. The van der Waals surface area contributed by atoms with Crippen LogP contribution >= 0.6 is 0 Å². The average molecular weight is 2060 g/mol. The molecule has 9 amide bonds. The molecule has 0 unspecified atom stereocenters. The van der Waals surface area contributed by atoms with Gasteiger partial charge >= 0.3 is 6.09 Å². The van der Waals surface area contributed by atoms with E-state index in [1.54, 1.807) is 148 Å². The Morgan fingerprint density at radius 1 is 0.383 bits per heavy atom. The van der Waals surface area contributed by atoms with Gasteiger partial charge in [0.1, 0.15) is 28.5 Å². The van der Waals surface area contributed by atoms with E-state index in [4.69, 9.17) is 74.0 Å². The molecule has 42 nitrogen and oxygen atoms in total. The standard InChI is InChI=1S/C55H71N9O12.C52H66N10O11/c1-5-25-64-47-37-39(11-18-45(47)60-53(64)61-52(69)43-10-6-9-42(38-43)50(56)67)13-20-49(66)57-22-7-26-71-28-30-73-32-34-75-35-33-74-31-29-72-27-8-23-58-51(68)41-14-16-44(17-15-41)62-63-46-36-40(12-19-48(46)65)21-24-59-54(70)76-55(2,3)4;1-3-23-62-45-35-37(9-16-43(45)58-52(62)59-50(67)41-8-4-7-40(36-41)48(53)65)11-18-47(64)55-20-5-24-69-26-28-71-30-32-73-33-31-72-29-27-70-25-6-21-56-49(66)39-12-14-42(15-13-39)60-61-44-34-38(10-17-46(44)63)19-22-57-51(54)68-2/h6,9-20,36-38,65H,5,7-8,21-35H2,1-4H3,(H2,56,67)(H,57,66)(H,58,68)(H,59,70)(H,60,61,69);4,7-18,34-36,63H,3,5-6,19-33H2,1-2H3,(H2,53,65)(H2,54,57)(H,55,64)(H,56,66)(H,58,59,67)/b20-13+,63-62?;18-11+,61-60?. The minimum Gasteiger partial charge on any atom is -0.506 e. The molecule has 2 heterocycles. The number of carbonyl (C=O) groups excluding carboxylic acids is 9. The van der Waals surface area contributed by atoms with Crippen molar-refractivity contribution >= 4 is 128 Å². The molecule has 0 aliphatic carbocycles. The fourth-order valence-electron chi connectivity index (χ4n) is 13.9. The van der Waals surface area contributed by atoms with Gasteiger partial charge in [-0.2, -0.15) is 10.2 Å². The molecule has 8 aromatic carbocycles. The highest BCUT2D eigenvalue weighted by Crippen LogP contribution is 2.33. The van der Waals surface area contributed by atoms with Crippen LogP contribution in [0, 0.1) is 0 Å². The summed E-state index contributed by atoms with van der Waals surface area (Å²) in [6.45, 7) is 21.8.